The van der Waals surface area contributed by atoms with Gasteiger partial charge in [-0.05, 0) is 31.2 Å². The number of benzene rings is 1. The molecule has 0 aliphatic carbocycles. The van der Waals surface area contributed by atoms with Gasteiger partial charge in [-0.25, -0.2) is 4.79 Å². The van der Waals surface area contributed by atoms with E-state index in [0.717, 1.165) is 11.4 Å². The zero-order valence-corrected chi connectivity index (χ0v) is 11.8. The molecule has 1 heterocycles. The molecule has 0 radical (unpaired) electrons. The fourth-order valence-corrected chi connectivity index (χ4v) is 1.59. The third-order valence-corrected chi connectivity index (χ3v) is 2.51. The molecule has 2 N–H and O–H groups in total. The fraction of sp³-hybridized carbons (Fsp3) is 0.214. The van der Waals surface area contributed by atoms with E-state index >= 15 is 0 Å². The third kappa shape index (κ3) is 4.34. The molecule has 2 aromatic rings. The van der Waals surface area contributed by atoms with Crippen molar-refractivity contribution in [2.75, 3.05) is 24.4 Å². The van der Waals surface area contributed by atoms with Crippen LogP contribution in [0.5, 0.6) is 5.75 Å². The van der Waals surface area contributed by atoms with Crippen LogP contribution >= 0.6 is 0 Å². The van der Waals surface area contributed by atoms with Gasteiger partial charge in [0.25, 0.3) is 0 Å². The molecule has 7 nitrogen and oxygen atoms in total. The first-order valence-corrected chi connectivity index (χ1v) is 6.40. The molecule has 0 unspecified atom stereocenters. The number of carbonyl (C=O) groups excluding carboxylic acids is 1. The van der Waals surface area contributed by atoms with E-state index in [0.29, 0.717) is 18.2 Å². The van der Waals surface area contributed by atoms with Crippen molar-refractivity contribution >= 4 is 23.4 Å². The number of nitrogens with zero attached hydrogens (tertiary/aromatic N) is 2. The Morgan fingerprint density at radius 3 is 2.62 bits per heavy atom. The lowest BCUT2D eigenvalue weighted by molar-refractivity contribution is 0.168. The minimum absolute atomic E-state index is 0.300. The molecule has 0 saturated carbocycles. The van der Waals surface area contributed by atoms with Crippen molar-refractivity contribution in [3.8, 4) is 5.75 Å². The summed E-state index contributed by atoms with van der Waals surface area (Å²) in [6.45, 7) is 2.03. The average molecular weight is 288 g/mol. The van der Waals surface area contributed by atoms with E-state index in [1.807, 2.05) is 24.3 Å². The molecule has 2 rings (SSSR count). The molecule has 1 aromatic carbocycles. The van der Waals surface area contributed by atoms with Crippen LogP contribution in [-0.4, -0.2) is 30.0 Å². The van der Waals surface area contributed by atoms with Crippen LogP contribution in [0.2, 0.25) is 0 Å². The Morgan fingerprint density at radius 1 is 1.19 bits per heavy atom. The number of methoxy groups -OCH3 is 1. The lowest BCUT2D eigenvalue weighted by Gasteiger charge is -2.07. The lowest BCUT2D eigenvalue weighted by Crippen LogP contribution is -2.14. The maximum absolute atomic E-state index is 11.2. The first-order chi connectivity index (χ1) is 10.2. The van der Waals surface area contributed by atoms with Crippen LogP contribution < -0.4 is 15.4 Å². The highest BCUT2D eigenvalue weighted by molar-refractivity contribution is 5.83. The predicted octanol–water partition coefficient (Wildman–Crippen LogP) is 2.80. The van der Waals surface area contributed by atoms with Crippen LogP contribution in [0.1, 0.15) is 6.92 Å². The smallest absolute Gasteiger partial charge is 0.412 e. The Hall–Kier alpha value is -2.83. The van der Waals surface area contributed by atoms with Gasteiger partial charge in [0.05, 0.1) is 13.7 Å². The molecule has 1 aromatic heterocycles. The number of amides is 1. The number of hydrogen-bond acceptors (Lipinski definition) is 6. The average Bonchev–Trinajstić information content (AvgIpc) is 2.50. The van der Waals surface area contributed by atoms with E-state index in [4.69, 9.17) is 9.47 Å². The Morgan fingerprint density at radius 2 is 1.95 bits per heavy atom. The van der Waals surface area contributed by atoms with Crippen molar-refractivity contribution in [1.29, 1.82) is 0 Å². The Balaban J connectivity index is 2.00. The number of hydrogen-bond donors (Lipinski definition) is 2. The zero-order chi connectivity index (χ0) is 15.1. The summed E-state index contributed by atoms with van der Waals surface area (Å²) in [5, 5.41) is 13.4. The van der Waals surface area contributed by atoms with Gasteiger partial charge in [-0.2, -0.15) is 0 Å². The first kappa shape index (κ1) is 14.6. The number of nitrogens with one attached hydrogen (secondary N) is 2. The minimum atomic E-state index is -0.555. The van der Waals surface area contributed by atoms with Crippen molar-refractivity contribution in [2.24, 2.45) is 0 Å². The molecule has 1 amide bonds. The topological polar surface area (TPSA) is 85.4 Å². The maximum atomic E-state index is 11.2. The number of ether oxygens (including phenoxy) is 2. The van der Waals surface area contributed by atoms with Gasteiger partial charge in [0.1, 0.15) is 5.75 Å². The van der Waals surface area contributed by atoms with Gasteiger partial charge in [0.15, 0.2) is 11.6 Å². The summed E-state index contributed by atoms with van der Waals surface area (Å²) < 4.78 is 9.89. The van der Waals surface area contributed by atoms with Crippen LogP contribution in [0.4, 0.5) is 22.1 Å². The number of carbonyl (C=O) groups is 1. The number of aromatic nitrogens is 2. The fourth-order valence-electron chi connectivity index (χ4n) is 1.59. The van der Waals surface area contributed by atoms with Crippen LogP contribution in [0.15, 0.2) is 36.4 Å². The monoisotopic (exact) mass is 288 g/mol. The molecule has 0 fully saturated rings. The highest BCUT2D eigenvalue weighted by Gasteiger charge is 2.04. The molecule has 110 valence electrons. The molecule has 0 aliphatic rings. The molecule has 0 saturated heterocycles. The summed E-state index contributed by atoms with van der Waals surface area (Å²) in [5.74, 6) is 1.62. The SMILES string of the molecule is CCOC(=O)Nc1ccc(Nc2cccc(OC)c2)nn1. The predicted molar refractivity (Wildman–Crippen MR) is 79.0 cm³/mol. The van der Waals surface area contributed by atoms with E-state index < -0.39 is 6.09 Å². The third-order valence-electron chi connectivity index (χ3n) is 2.51. The van der Waals surface area contributed by atoms with Crippen LogP contribution in [0, 0.1) is 0 Å². The van der Waals surface area contributed by atoms with Crippen LogP contribution in [0.3, 0.4) is 0 Å². The summed E-state index contributed by atoms with van der Waals surface area (Å²) in [6, 6.07) is 10.8. The highest BCUT2D eigenvalue weighted by Crippen LogP contribution is 2.20. The number of anilines is 3. The van der Waals surface area contributed by atoms with E-state index in [2.05, 4.69) is 20.8 Å². The van der Waals surface area contributed by atoms with Crippen LogP contribution in [-0.2, 0) is 4.74 Å². The highest BCUT2D eigenvalue weighted by atomic mass is 16.5. The molecule has 21 heavy (non-hydrogen) atoms. The lowest BCUT2D eigenvalue weighted by atomic mass is 10.3. The van der Waals surface area contributed by atoms with Crippen molar-refractivity contribution in [3.05, 3.63) is 36.4 Å². The van der Waals surface area contributed by atoms with Crippen LogP contribution in [0.25, 0.3) is 0 Å². The summed E-state index contributed by atoms with van der Waals surface area (Å²) in [7, 11) is 1.61. The first-order valence-electron chi connectivity index (χ1n) is 6.40. The standard InChI is InChI=1S/C14H16N4O3/c1-3-21-14(19)16-13-8-7-12(17-18-13)15-10-5-4-6-11(9-10)20-2/h4-9H,3H2,1-2H3,(H,15,17)(H,16,18,19). The molecule has 0 atom stereocenters. The Kier molecular flexibility index (Phi) is 4.92. The van der Waals surface area contributed by atoms with E-state index in [1.54, 1.807) is 26.2 Å². The summed E-state index contributed by atoms with van der Waals surface area (Å²) >= 11 is 0. The van der Waals surface area contributed by atoms with Crippen molar-refractivity contribution in [1.82, 2.24) is 10.2 Å². The largest absolute Gasteiger partial charge is 0.497 e. The van der Waals surface area contributed by atoms with Crippen molar-refractivity contribution in [3.63, 3.8) is 0 Å². The molecular weight excluding hydrogens is 272 g/mol. The molecule has 0 aliphatic heterocycles. The molecule has 7 heteroatoms. The Bertz CT molecular complexity index is 601. The quantitative estimate of drug-likeness (QED) is 0.880. The second-order valence-electron chi connectivity index (χ2n) is 4.01. The second kappa shape index (κ2) is 7.09. The zero-order valence-electron chi connectivity index (χ0n) is 11.8. The van der Waals surface area contributed by atoms with Crippen molar-refractivity contribution in [2.45, 2.75) is 6.92 Å². The van der Waals surface area contributed by atoms with Gasteiger partial charge in [0, 0.05) is 11.8 Å². The minimum Gasteiger partial charge on any atom is -0.497 e. The van der Waals surface area contributed by atoms with Gasteiger partial charge >= 0.3 is 6.09 Å². The van der Waals surface area contributed by atoms with Gasteiger partial charge in [-0.15, -0.1) is 10.2 Å². The molecule has 0 spiro atoms. The van der Waals surface area contributed by atoms with Gasteiger partial charge in [-0.3, -0.25) is 5.32 Å². The summed E-state index contributed by atoms with van der Waals surface area (Å²) in [5.41, 5.74) is 0.828. The maximum Gasteiger partial charge on any atom is 0.412 e. The van der Waals surface area contributed by atoms with E-state index in [-0.39, 0.29) is 0 Å². The summed E-state index contributed by atoms with van der Waals surface area (Å²) in [4.78, 5) is 11.2. The summed E-state index contributed by atoms with van der Waals surface area (Å²) in [6.07, 6.45) is -0.555. The van der Waals surface area contributed by atoms with Gasteiger partial charge in [0.2, 0.25) is 0 Å². The van der Waals surface area contributed by atoms with E-state index in [1.165, 1.54) is 0 Å². The number of rotatable bonds is 5. The second-order valence-corrected chi connectivity index (χ2v) is 4.01. The normalized spacial score (nSPS) is 9.81. The van der Waals surface area contributed by atoms with E-state index in [9.17, 15) is 4.79 Å². The molecule has 0 bridgehead atoms. The van der Waals surface area contributed by atoms with Gasteiger partial charge in [-0.1, -0.05) is 6.07 Å². The van der Waals surface area contributed by atoms with Crippen molar-refractivity contribution < 1.29 is 14.3 Å². The Labute approximate surface area is 122 Å². The molecular formula is C14H16N4O3. The van der Waals surface area contributed by atoms with Gasteiger partial charge < -0.3 is 14.8 Å².